The highest BCUT2D eigenvalue weighted by molar-refractivity contribution is 6.46. The van der Waals surface area contributed by atoms with Crippen LogP contribution in [0, 0.1) is 0 Å². The van der Waals surface area contributed by atoms with Crippen molar-refractivity contribution < 1.29 is 18.4 Å². The fraction of sp³-hybridized carbons (Fsp3) is 0.875. The van der Waals surface area contributed by atoms with Gasteiger partial charge in [-0.05, 0) is 20.8 Å². The molecule has 0 fully saturated rings. The van der Waals surface area contributed by atoms with Gasteiger partial charge in [-0.1, -0.05) is 0 Å². The van der Waals surface area contributed by atoms with Crippen molar-refractivity contribution in [2.75, 3.05) is 20.3 Å². The van der Waals surface area contributed by atoms with E-state index in [4.69, 9.17) is 8.85 Å². The molecule has 0 aromatic rings. The molecule has 0 saturated carbocycles. The van der Waals surface area contributed by atoms with E-state index < -0.39 is 15.4 Å². The summed E-state index contributed by atoms with van der Waals surface area (Å²) in [7, 11) is -0.112. The molecular formula is C8H18NO4Si. The average molecular weight is 220 g/mol. The average Bonchev–Trinajstić information content (AvgIpc) is 2.17. The minimum absolute atomic E-state index is 0.132. The molecule has 14 heavy (non-hydrogen) atoms. The molecular weight excluding hydrogens is 202 g/mol. The fourth-order valence-corrected chi connectivity index (χ4v) is 2.26. The third kappa shape index (κ3) is 5.20. The van der Waals surface area contributed by atoms with E-state index >= 15 is 0 Å². The zero-order valence-corrected chi connectivity index (χ0v) is 10.1. The van der Waals surface area contributed by atoms with Crippen molar-refractivity contribution in [2.45, 2.75) is 26.4 Å². The Hall–Kier alpha value is -0.593. The van der Waals surface area contributed by atoms with Crippen LogP contribution in [0.2, 0.25) is 0 Å². The Morgan fingerprint density at radius 1 is 1.36 bits per heavy atom. The number of carbonyl (C=O) groups excluding carboxylic acids is 1. The van der Waals surface area contributed by atoms with Gasteiger partial charge in [0.2, 0.25) is 0 Å². The number of ether oxygens (including phenoxy) is 1. The van der Waals surface area contributed by atoms with Crippen molar-refractivity contribution in [1.29, 1.82) is 0 Å². The van der Waals surface area contributed by atoms with E-state index in [2.05, 4.69) is 10.1 Å². The van der Waals surface area contributed by atoms with Gasteiger partial charge in [-0.2, -0.15) is 0 Å². The maximum Gasteiger partial charge on any atom is 0.409 e. The van der Waals surface area contributed by atoms with Gasteiger partial charge in [0.05, 0.1) is 12.8 Å². The Morgan fingerprint density at radius 2 is 1.86 bits per heavy atom. The van der Waals surface area contributed by atoms with Gasteiger partial charge >= 0.3 is 15.4 Å². The molecule has 1 amide bonds. The van der Waals surface area contributed by atoms with E-state index in [1.807, 2.05) is 20.8 Å². The van der Waals surface area contributed by atoms with Crippen LogP contribution in [0.15, 0.2) is 0 Å². The largest absolute Gasteiger partial charge is 0.453 e. The molecule has 0 aromatic heterocycles. The van der Waals surface area contributed by atoms with E-state index in [1.54, 1.807) is 0 Å². The number of methoxy groups -OCH3 is 1. The molecule has 0 bridgehead atoms. The topological polar surface area (TPSA) is 56.8 Å². The molecule has 0 rings (SSSR count). The van der Waals surface area contributed by atoms with Crippen molar-refractivity contribution in [1.82, 2.24) is 5.32 Å². The summed E-state index contributed by atoms with van der Waals surface area (Å²) in [6, 6.07) is 0. The second-order valence-electron chi connectivity index (χ2n) is 2.54. The Labute approximate surface area is 86.6 Å². The minimum Gasteiger partial charge on any atom is -0.453 e. The molecule has 0 spiro atoms. The van der Waals surface area contributed by atoms with Gasteiger partial charge in [0, 0.05) is 13.2 Å². The molecule has 0 aliphatic rings. The number of amides is 1. The fourth-order valence-electron chi connectivity index (χ4n) is 0.871. The Kier molecular flexibility index (Phi) is 7.45. The van der Waals surface area contributed by atoms with Crippen LogP contribution >= 0.6 is 0 Å². The zero-order chi connectivity index (χ0) is 11.0. The summed E-state index contributed by atoms with van der Waals surface area (Å²) in [6.45, 7) is 6.81. The normalized spacial score (nSPS) is 12.6. The Bertz CT molecular complexity index is 161. The second kappa shape index (κ2) is 7.78. The predicted octanol–water partition coefficient (Wildman–Crippen LogP) is 0.831. The maximum absolute atomic E-state index is 10.9. The van der Waals surface area contributed by atoms with Gasteiger partial charge in [0.15, 0.2) is 0 Å². The first-order chi connectivity index (χ1) is 6.65. The molecule has 1 atom stereocenters. The van der Waals surface area contributed by atoms with Gasteiger partial charge in [-0.25, -0.2) is 4.79 Å². The van der Waals surface area contributed by atoms with Crippen molar-refractivity contribution in [3.8, 4) is 0 Å². The summed E-state index contributed by atoms with van der Waals surface area (Å²) in [5.41, 5.74) is -0.132. The lowest BCUT2D eigenvalue weighted by Gasteiger charge is -2.20. The minimum atomic E-state index is -1.44. The van der Waals surface area contributed by atoms with E-state index in [9.17, 15) is 4.79 Å². The van der Waals surface area contributed by atoms with Crippen LogP contribution in [0.3, 0.4) is 0 Å². The first kappa shape index (κ1) is 13.4. The van der Waals surface area contributed by atoms with Crippen LogP contribution in [0.5, 0.6) is 0 Å². The third-order valence-corrected chi connectivity index (χ3v) is 3.44. The highest BCUT2D eigenvalue weighted by Crippen LogP contribution is 1.97. The summed E-state index contributed by atoms with van der Waals surface area (Å²) < 4.78 is 15.3. The van der Waals surface area contributed by atoms with Crippen LogP contribution in [-0.2, 0) is 13.6 Å². The monoisotopic (exact) mass is 220 g/mol. The van der Waals surface area contributed by atoms with Crippen molar-refractivity contribution in [3.63, 3.8) is 0 Å². The summed E-state index contributed by atoms with van der Waals surface area (Å²) in [5, 5.41) is 2.63. The van der Waals surface area contributed by atoms with Gasteiger partial charge in [-0.15, -0.1) is 0 Å². The number of hydrogen-bond acceptors (Lipinski definition) is 4. The standard InChI is InChI=1S/C8H18NO4Si/c1-5-12-14(13-6-2)7(3)9-8(10)11-4/h7H,5-6H2,1-4H3,(H,9,10). The summed E-state index contributed by atoms with van der Waals surface area (Å²) in [5.74, 6) is 0. The smallest absolute Gasteiger partial charge is 0.409 e. The molecule has 0 aromatic carbocycles. The second-order valence-corrected chi connectivity index (χ2v) is 4.62. The predicted molar refractivity (Wildman–Crippen MR) is 54.0 cm³/mol. The number of nitrogens with one attached hydrogen (secondary N) is 1. The van der Waals surface area contributed by atoms with Gasteiger partial charge in [-0.3, -0.25) is 0 Å². The van der Waals surface area contributed by atoms with E-state index in [0.29, 0.717) is 13.2 Å². The lowest BCUT2D eigenvalue weighted by atomic mass is 10.7. The van der Waals surface area contributed by atoms with Crippen LogP contribution in [0.1, 0.15) is 20.8 Å². The molecule has 0 aliphatic heterocycles. The van der Waals surface area contributed by atoms with Gasteiger partial charge in [0.1, 0.15) is 0 Å². The van der Waals surface area contributed by atoms with Crippen molar-refractivity contribution in [2.24, 2.45) is 0 Å². The van der Waals surface area contributed by atoms with E-state index in [0.717, 1.165) is 0 Å². The lowest BCUT2D eigenvalue weighted by Crippen LogP contribution is -2.47. The molecule has 0 heterocycles. The third-order valence-electron chi connectivity index (χ3n) is 1.45. The highest BCUT2D eigenvalue weighted by Gasteiger charge is 2.25. The first-order valence-electron chi connectivity index (χ1n) is 4.62. The van der Waals surface area contributed by atoms with Crippen molar-refractivity contribution in [3.05, 3.63) is 0 Å². The maximum atomic E-state index is 10.9. The summed E-state index contributed by atoms with van der Waals surface area (Å²) in [4.78, 5) is 10.9. The molecule has 1 radical (unpaired) electrons. The van der Waals surface area contributed by atoms with E-state index in [1.165, 1.54) is 7.11 Å². The first-order valence-corrected chi connectivity index (χ1v) is 6.01. The van der Waals surface area contributed by atoms with Crippen LogP contribution in [0.4, 0.5) is 4.79 Å². The van der Waals surface area contributed by atoms with Crippen LogP contribution in [0.25, 0.3) is 0 Å². The van der Waals surface area contributed by atoms with Gasteiger partial charge < -0.3 is 18.9 Å². The Balaban J connectivity index is 3.99. The van der Waals surface area contributed by atoms with Gasteiger partial charge in [0.25, 0.3) is 0 Å². The van der Waals surface area contributed by atoms with Crippen LogP contribution < -0.4 is 5.32 Å². The molecule has 5 nitrogen and oxygen atoms in total. The summed E-state index contributed by atoms with van der Waals surface area (Å²) in [6.07, 6.45) is -0.459. The molecule has 6 heteroatoms. The molecule has 1 unspecified atom stereocenters. The van der Waals surface area contributed by atoms with Crippen LogP contribution in [-0.4, -0.2) is 41.4 Å². The SMILES string of the molecule is CCO[Si](OCC)C(C)NC(=O)OC. The van der Waals surface area contributed by atoms with E-state index in [-0.39, 0.29) is 5.67 Å². The number of carbonyl (C=O) groups is 1. The highest BCUT2D eigenvalue weighted by atomic mass is 28.3. The zero-order valence-electron chi connectivity index (χ0n) is 9.12. The molecule has 0 saturated heterocycles. The summed E-state index contributed by atoms with van der Waals surface area (Å²) >= 11 is 0. The molecule has 1 N–H and O–H groups in total. The quantitative estimate of drug-likeness (QED) is 0.674. The number of rotatable bonds is 6. The number of hydrogen-bond donors (Lipinski definition) is 1. The lowest BCUT2D eigenvalue weighted by molar-refractivity contribution is 0.162. The van der Waals surface area contributed by atoms with Crippen molar-refractivity contribution >= 4 is 15.4 Å². The Morgan fingerprint density at radius 3 is 2.21 bits per heavy atom. The molecule has 0 aliphatic carbocycles. The molecule has 83 valence electrons. The number of alkyl carbamates (subject to hydrolysis) is 1.